The molecule has 1 N–H and O–H groups in total. The second kappa shape index (κ2) is 4.97. The van der Waals surface area contributed by atoms with Crippen molar-refractivity contribution in [3.05, 3.63) is 34.3 Å². The monoisotopic (exact) mass is 286 g/mol. The summed E-state index contributed by atoms with van der Waals surface area (Å²) in [5.41, 5.74) is 0.324. The number of rotatable bonds is 4. The third-order valence-electron chi connectivity index (χ3n) is 2.68. The summed E-state index contributed by atoms with van der Waals surface area (Å²) >= 11 is 3.43. The molecule has 0 aliphatic carbocycles. The van der Waals surface area contributed by atoms with Crippen molar-refractivity contribution in [2.24, 2.45) is 0 Å². The molecule has 16 heavy (non-hydrogen) atoms. The van der Waals surface area contributed by atoms with Crippen LogP contribution < -0.4 is 0 Å². The van der Waals surface area contributed by atoms with E-state index in [1.54, 1.807) is 0 Å². The van der Waals surface area contributed by atoms with Gasteiger partial charge in [0.1, 0.15) is 0 Å². The molecule has 1 rings (SSSR count). The molecule has 0 radical (unpaired) electrons. The molecule has 1 atom stereocenters. The molecule has 1 unspecified atom stereocenters. The molecule has 0 saturated carbocycles. The fourth-order valence-electron chi connectivity index (χ4n) is 1.83. The van der Waals surface area contributed by atoms with Gasteiger partial charge in [-0.15, -0.1) is 0 Å². The number of halogens is 1. The first-order valence-electron chi connectivity index (χ1n) is 4.92. The van der Waals surface area contributed by atoms with Crippen LogP contribution >= 0.6 is 15.9 Å². The fraction of sp³-hybridized carbons (Fsp3) is 0.417. The van der Waals surface area contributed by atoms with Crippen LogP contribution in [0.25, 0.3) is 0 Å². The number of carboxylic acids is 1. The Bertz CT molecular complexity index is 388. The van der Waals surface area contributed by atoms with E-state index < -0.39 is 17.5 Å². The molecule has 0 aliphatic heterocycles. The van der Waals surface area contributed by atoms with E-state index in [0.717, 1.165) is 10.0 Å². The number of carboxylic acid groups (broad SMARTS) is 1. The number of hydrogen-bond acceptors (Lipinski definition) is 2. The van der Waals surface area contributed by atoms with Crippen LogP contribution in [0.4, 0.5) is 0 Å². The molecular weight excluding hydrogens is 272 g/mol. The number of carbonyl (C=O) groups is 1. The molecule has 0 bridgehead atoms. The first-order valence-corrected chi connectivity index (χ1v) is 5.71. The average Bonchev–Trinajstić information content (AvgIpc) is 2.17. The molecule has 0 aromatic heterocycles. The number of ether oxygens (including phenoxy) is 1. The standard InChI is InChI=1S/C12H15BrO3/c1-12(2,10(16-3)11(14)15)8-6-4-5-7-9(8)13/h4-7,10H,1-3H3,(H,14,15). The third kappa shape index (κ3) is 2.44. The maximum absolute atomic E-state index is 11.1. The maximum Gasteiger partial charge on any atom is 0.333 e. The molecule has 0 amide bonds. The van der Waals surface area contributed by atoms with Gasteiger partial charge in [0.15, 0.2) is 6.10 Å². The van der Waals surface area contributed by atoms with E-state index in [-0.39, 0.29) is 0 Å². The maximum atomic E-state index is 11.1. The minimum atomic E-state index is -0.955. The zero-order chi connectivity index (χ0) is 12.3. The van der Waals surface area contributed by atoms with Gasteiger partial charge in [-0.2, -0.15) is 0 Å². The summed E-state index contributed by atoms with van der Waals surface area (Å²) in [6.45, 7) is 3.71. The van der Waals surface area contributed by atoms with E-state index in [2.05, 4.69) is 15.9 Å². The van der Waals surface area contributed by atoms with Crippen LogP contribution in [0.5, 0.6) is 0 Å². The number of aliphatic carboxylic acids is 1. The van der Waals surface area contributed by atoms with Crippen LogP contribution in [0.15, 0.2) is 28.7 Å². The van der Waals surface area contributed by atoms with E-state index in [0.29, 0.717) is 0 Å². The minimum Gasteiger partial charge on any atom is -0.479 e. The van der Waals surface area contributed by atoms with Crippen molar-refractivity contribution in [1.82, 2.24) is 0 Å². The Balaban J connectivity index is 3.19. The van der Waals surface area contributed by atoms with Crippen molar-refractivity contribution in [1.29, 1.82) is 0 Å². The highest BCUT2D eigenvalue weighted by Crippen LogP contribution is 2.34. The van der Waals surface area contributed by atoms with Gasteiger partial charge in [-0.25, -0.2) is 4.79 Å². The minimum absolute atomic E-state index is 0.597. The lowest BCUT2D eigenvalue weighted by Gasteiger charge is -2.31. The fourth-order valence-corrected chi connectivity index (χ4v) is 2.62. The van der Waals surface area contributed by atoms with Crippen LogP contribution in [-0.2, 0) is 14.9 Å². The first-order chi connectivity index (χ1) is 7.41. The Hall–Kier alpha value is -0.870. The lowest BCUT2D eigenvalue weighted by molar-refractivity contribution is -0.152. The summed E-state index contributed by atoms with van der Waals surface area (Å²) in [5, 5.41) is 9.12. The average molecular weight is 287 g/mol. The molecule has 0 aliphatic rings. The van der Waals surface area contributed by atoms with E-state index in [1.807, 2.05) is 38.1 Å². The van der Waals surface area contributed by atoms with Gasteiger partial charge in [-0.1, -0.05) is 48.0 Å². The topological polar surface area (TPSA) is 46.5 Å². The van der Waals surface area contributed by atoms with Crippen LogP contribution in [-0.4, -0.2) is 24.3 Å². The summed E-state index contributed by atoms with van der Waals surface area (Å²) < 4.78 is 5.96. The molecule has 0 fully saturated rings. The molecule has 0 heterocycles. The van der Waals surface area contributed by atoms with Crippen molar-refractivity contribution >= 4 is 21.9 Å². The van der Waals surface area contributed by atoms with Crippen molar-refractivity contribution in [3.8, 4) is 0 Å². The molecule has 1 aromatic rings. The largest absolute Gasteiger partial charge is 0.479 e. The highest BCUT2D eigenvalue weighted by atomic mass is 79.9. The molecule has 0 saturated heterocycles. The Morgan fingerprint density at radius 2 is 2.00 bits per heavy atom. The van der Waals surface area contributed by atoms with Gasteiger partial charge in [-0.3, -0.25) is 0 Å². The third-order valence-corrected chi connectivity index (χ3v) is 3.38. The molecule has 88 valence electrons. The zero-order valence-electron chi connectivity index (χ0n) is 9.53. The number of methoxy groups -OCH3 is 1. The summed E-state index contributed by atoms with van der Waals surface area (Å²) in [6, 6.07) is 7.58. The summed E-state index contributed by atoms with van der Waals surface area (Å²) in [5.74, 6) is -0.955. The van der Waals surface area contributed by atoms with Crippen LogP contribution in [0.2, 0.25) is 0 Å². The van der Waals surface area contributed by atoms with Crippen molar-refractivity contribution in [3.63, 3.8) is 0 Å². The van der Waals surface area contributed by atoms with E-state index in [9.17, 15) is 4.79 Å². The van der Waals surface area contributed by atoms with Gasteiger partial charge in [-0.05, 0) is 11.6 Å². The lowest BCUT2D eigenvalue weighted by atomic mass is 9.79. The quantitative estimate of drug-likeness (QED) is 0.926. The van der Waals surface area contributed by atoms with Gasteiger partial charge in [0, 0.05) is 17.0 Å². The Morgan fingerprint density at radius 3 is 2.44 bits per heavy atom. The number of hydrogen-bond donors (Lipinski definition) is 1. The Labute approximate surface area is 104 Å². The van der Waals surface area contributed by atoms with Crippen LogP contribution in [0.3, 0.4) is 0 Å². The van der Waals surface area contributed by atoms with Crippen LogP contribution in [0, 0.1) is 0 Å². The zero-order valence-corrected chi connectivity index (χ0v) is 11.1. The summed E-state index contributed by atoms with van der Waals surface area (Å²) in [4.78, 5) is 11.1. The van der Waals surface area contributed by atoms with E-state index in [4.69, 9.17) is 9.84 Å². The highest BCUT2D eigenvalue weighted by Gasteiger charge is 2.38. The SMILES string of the molecule is COC(C(=O)O)C(C)(C)c1ccccc1Br. The van der Waals surface area contributed by atoms with Gasteiger partial charge in [0.05, 0.1) is 0 Å². The predicted octanol–water partition coefficient (Wildman–Crippen LogP) is 2.83. The Morgan fingerprint density at radius 1 is 1.44 bits per heavy atom. The molecule has 0 spiro atoms. The molecule has 4 heteroatoms. The summed E-state index contributed by atoms with van der Waals surface area (Å²) in [7, 11) is 1.41. The molecule has 1 aromatic carbocycles. The van der Waals surface area contributed by atoms with Crippen molar-refractivity contribution in [2.45, 2.75) is 25.4 Å². The summed E-state index contributed by atoms with van der Waals surface area (Å²) in [6.07, 6.45) is -0.869. The first kappa shape index (κ1) is 13.2. The molecule has 3 nitrogen and oxygen atoms in total. The van der Waals surface area contributed by atoms with Crippen LogP contribution in [0.1, 0.15) is 19.4 Å². The van der Waals surface area contributed by atoms with Crippen molar-refractivity contribution < 1.29 is 14.6 Å². The smallest absolute Gasteiger partial charge is 0.333 e. The van der Waals surface area contributed by atoms with E-state index >= 15 is 0 Å². The van der Waals surface area contributed by atoms with Gasteiger partial charge in [0.2, 0.25) is 0 Å². The Kier molecular flexibility index (Phi) is 4.10. The van der Waals surface area contributed by atoms with Gasteiger partial charge < -0.3 is 9.84 Å². The van der Waals surface area contributed by atoms with E-state index in [1.165, 1.54) is 7.11 Å². The lowest BCUT2D eigenvalue weighted by Crippen LogP contribution is -2.41. The normalized spacial score (nSPS) is 13.5. The highest BCUT2D eigenvalue weighted by molar-refractivity contribution is 9.10. The van der Waals surface area contributed by atoms with Crippen molar-refractivity contribution in [2.75, 3.05) is 7.11 Å². The second-order valence-electron chi connectivity index (χ2n) is 4.16. The second-order valence-corrected chi connectivity index (χ2v) is 5.01. The van der Waals surface area contributed by atoms with Gasteiger partial charge in [0.25, 0.3) is 0 Å². The number of benzene rings is 1. The molecular formula is C12H15BrO3. The predicted molar refractivity (Wildman–Crippen MR) is 65.6 cm³/mol. The van der Waals surface area contributed by atoms with Gasteiger partial charge >= 0.3 is 5.97 Å².